The van der Waals surface area contributed by atoms with Crippen LogP contribution in [0.5, 0.6) is 0 Å². The summed E-state index contributed by atoms with van der Waals surface area (Å²) in [7, 11) is 0. The van der Waals surface area contributed by atoms with Crippen molar-refractivity contribution < 1.29 is 19.2 Å². The number of fused-ring (bicyclic) bond motifs is 2. The molecule has 182 valence electrons. The Hall–Kier alpha value is -4.06. The lowest BCUT2D eigenvalue weighted by atomic mass is 9.79. The van der Waals surface area contributed by atoms with Crippen LogP contribution in [0.1, 0.15) is 94.1 Å². The standard InChI is InChI=1S/C30H28N2O4/c1-29(2,3)21-15-24(32-27(35)19-13-9-10-14-20(19)28(32)36)22(30(4,5)6)16-23(21)31-25(33)17-11-7-8-12-18(17)26(31)34/h7-16H,1-6H3. The van der Waals surface area contributed by atoms with Crippen molar-refractivity contribution in [2.45, 2.75) is 52.4 Å². The molecule has 6 heteroatoms. The third-order valence-electron chi connectivity index (χ3n) is 6.80. The first-order valence-electron chi connectivity index (χ1n) is 12.0. The Labute approximate surface area is 210 Å². The summed E-state index contributed by atoms with van der Waals surface area (Å²) in [5.74, 6) is -1.52. The molecule has 0 bridgehead atoms. The molecule has 2 aliphatic rings. The summed E-state index contributed by atoms with van der Waals surface area (Å²) >= 11 is 0. The van der Waals surface area contributed by atoms with Gasteiger partial charge in [0, 0.05) is 0 Å². The van der Waals surface area contributed by atoms with Crippen LogP contribution in [0.25, 0.3) is 0 Å². The Morgan fingerprint density at radius 3 is 0.944 bits per heavy atom. The summed E-state index contributed by atoms with van der Waals surface area (Å²) in [5.41, 5.74) is 2.77. The molecule has 0 aromatic heterocycles. The van der Waals surface area contributed by atoms with Gasteiger partial charge < -0.3 is 0 Å². The first-order valence-corrected chi connectivity index (χ1v) is 12.0. The van der Waals surface area contributed by atoms with Crippen LogP contribution in [0, 0.1) is 0 Å². The predicted octanol–water partition coefficient (Wildman–Crippen LogP) is 5.88. The van der Waals surface area contributed by atoms with Crippen LogP contribution in [0.3, 0.4) is 0 Å². The van der Waals surface area contributed by atoms with Gasteiger partial charge in [-0.25, -0.2) is 9.80 Å². The molecule has 0 aliphatic carbocycles. The second kappa shape index (κ2) is 7.72. The maximum atomic E-state index is 13.4. The highest BCUT2D eigenvalue weighted by atomic mass is 16.2. The minimum atomic E-state index is -0.505. The van der Waals surface area contributed by atoms with Gasteiger partial charge in [-0.05, 0) is 58.4 Å². The number of anilines is 2. The Morgan fingerprint density at radius 2 is 0.722 bits per heavy atom. The van der Waals surface area contributed by atoms with Crippen molar-refractivity contribution in [2.75, 3.05) is 9.80 Å². The monoisotopic (exact) mass is 480 g/mol. The van der Waals surface area contributed by atoms with Gasteiger partial charge in [0.05, 0.1) is 33.6 Å². The smallest absolute Gasteiger partial charge is 0.266 e. The van der Waals surface area contributed by atoms with Crippen molar-refractivity contribution in [1.29, 1.82) is 0 Å². The predicted molar refractivity (Wildman–Crippen MR) is 139 cm³/mol. The van der Waals surface area contributed by atoms with Gasteiger partial charge in [-0.2, -0.15) is 0 Å². The van der Waals surface area contributed by atoms with Crippen LogP contribution >= 0.6 is 0 Å². The van der Waals surface area contributed by atoms with Crippen LogP contribution in [-0.4, -0.2) is 23.6 Å². The molecule has 0 saturated heterocycles. The molecule has 6 nitrogen and oxygen atoms in total. The Morgan fingerprint density at radius 1 is 0.472 bits per heavy atom. The number of carbonyl (C=O) groups excluding carboxylic acids is 4. The van der Waals surface area contributed by atoms with E-state index in [4.69, 9.17) is 0 Å². The van der Waals surface area contributed by atoms with Gasteiger partial charge in [0.15, 0.2) is 0 Å². The molecule has 0 spiro atoms. The van der Waals surface area contributed by atoms with E-state index in [0.29, 0.717) is 44.8 Å². The summed E-state index contributed by atoms with van der Waals surface area (Å²) in [5, 5.41) is 0. The lowest BCUT2D eigenvalue weighted by molar-refractivity contribution is 0.0908. The Balaban J connectivity index is 1.77. The van der Waals surface area contributed by atoms with E-state index in [1.165, 1.54) is 9.80 Å². The second-order valence-corrected chi connectivity index (χ2v) is 11.4. The van der Waals surface area contributed by atoms with Crippen LogP contribution < -0.4 is 9.80 Å². The van der Waals surface area contributed by atoms with Gasteiger partial charge in [-0.3, -0.25) is 19.2 Å². The number of rotatable bonds is 2. The molecule has 0 N–H and O–H groups in total. The maximum Gasteiger partial charge on any atom is 0.266 e. The quantitative estimate of drug-likeness (QED) is 0.429. The van der Waals surface area contributed by atoms with Crippen LogP contribution in [0.4, 0.5) is 11.4 Å². The van der Waals surface area contributed by atoms with Crippen molar-refractivity contribution >= 4 is 35.0 Å². The third-order valence-corrected chi connectivity index (χ3v) is 6.80. The molecule has 3 aromatic carbocycles. The van der Waals surface area contributed by atoms with Gasteiger partial charge >= 0.3 is 0 Å². The molecule has 36 heavy (non-hydrogen) atoms. The van der Waals surface area contributed by atoms with Gasteiger partial charge in [-0.1, -0.05) is 65.8 Å². The third kappa shape index (κ3) is 3.40. The fourth-order valence-corrected chi connectivity index (χ4v) is 4.96. The first kappa shape index (κ1) is 23.7. The molecule has 0 fully saturated rings. The van der Waals surface area contributed by atoms with Crippen LogP contribution in [0.2, 0.25) is 0 Å². The van der Waals surface area contributed by atoms with Crippen molar-refractivity contribution in [3.63, 3.8) is 0 Å². The van der Waals surface area contributed by atoms with E-state index in [9.17, 15) is 19.2 Å². The summed E-state index contributed by atoms with van der Waals surface area (Å²) in [6.45, 7) is 11.9. The van der Waals surface area contributed by atoms with Crippen molar-refractivity contribution in [3.05, 3.63) is 94.0 Å². The number of nitrogens with zero attached hydrogens (tertiary/aromatic N) is 2. The fraction of sp³-hybridized carbons (Fsp3) is 0.267. The molecule has 2 heterocycles. The summed E-state index contributed by atoms with van der Waals surface area (Å²) in [4.78, 5) is 56.2. The number of hydrogen-bond acceptors (Lipinski definition) is 4. The van der Waals surface area contributed by atoms with Gasteiger partial charge in [0.25, 0.3) is 23.6 Å². The normalized spacial score (nSPS) is 15.6. The van der Waals surface area contributed by atoms with Crippen molar-refractivity contribution in [3.8, 4) is 0 Å². The van der Waals surface area contributed by atoms with Gasteiger partial charge in [0.2, 0.25) is 0 Å². The second-order valence-electron chi connectivity index (χ2n) is 11.4. The number of hydrogen-bond donors (Lipinski definition) is 0. The van der Waals surface area contributed by atoms with E-state index >= 15 is 0 Å². The average molecular weight is 481 g/mol. The lowest BCUT2D eigenvalue weighted by Gasteiger charge is -2.33. The first-order chi connectivity index (χ1) is 16.8. The van der Waals surface area contributed by atoms with Gasteiger partial charge in [0.1, 0.15) is 0 Å². The SMILES string of the molecule is CC(C)(C)c1cc(N2C(=O)c3ccccc3C2=O)c(C(C)(C)C)cc1N1C(=O)c2ccccc2C1=O. The summed E-state index contributed by atoms with van der Waals surface area (Å²) in [6.07, 6.45) is 0. The zero-order chi connectivity index (χ0) is 26.2. The summed E-state index contributed by atoms with van der Waals surface area (Å²) < 4.78 is 0. The Kier molecular flexibility index (Phi) is 5.08. The number of benzene rings is 3. The molecule has 5 rings (SSSR count). The average Bonchev–Trinajstić information content (AvgIpc) is 3.22. The molecule has 0 unspecified atom stereocenters. The largest absolute Gasteiger partial charge is 0.268 e. The molecule has 0 atom stereocenters. The molecule has 2 aliphatic heterocycles. The van der Waals surface area contributed by atoms with Crippen molar-refractivity contribution in [2.24, 2.45) is 0 Å². The van der Waals surface area contributed by atoms with E-state index in [1.807, 2.05) is 41.5 Å². The van der Waals surface area contributed by atoms with E-state index < -0.39 is 10.8 Å². The highest BCUT2D eigenvalue weighted by Crippen LogP contribution is 2.45. The highest BCUT2D eigenvalue weighted by molar-refractivity contribution is 6.36. The molecular weight excluding hydrogens is 452 g/mol. The van der Waals surface area contributed by atoms with E-state index in [0.717, 1.165) is 0 Å². The minimum absolute atomic E-state index is 0.365. The summed E-state index contributed by atoms with van der Waals surface area (Å²) in [6, 6.07) is 17.2. The van der Waals surface area contributed by atoms with Crippen LogP contribution in [-0.2, 0) is 10.8 Å². The fourth-order valence-electron chi connectivity index (χ4n) is 4.96. The molecular formula is C30H28N2O4. The molecule has 4 amide bonds. The number of amides is 4. The molecule has 0 radical (unpaired) electrons. The van der Waals surface area contributed by atoms with Gasteiger partial charge in [-0.15, -0.1) is 0 Å². The minimum Gasteiger partial charge on any atom is -0.268 e. The Bertz CT molecular complexity index is 1300. The maximum absolute atomic E-state index is 13.4. The van der Waals surface area contributed by atoms with E-state index in [2.05, 4.69) is 0 Å². The molecule has 3 aromatic rings. The number of carbonyl (C=O) groups is 4. The van der Waals surface area contributed by atoms with E-state index in [-0.39, 0.29) is 23.6 Å². The zero-order valence-electron chi connectivity index (χ0n) is 21.3. The van der Waals surface area contributed by atoms with E-state index in [1.54, 1.807) is 60.7 Å². The lowest BCUT2D eigenvalue weighted by Crippen LogP contribution is -2.35. The number of imide groups is 2. The zero-order valence-corrected chi connectivity index (χ0v) is 21.3. The highest BCUT2D eigenvalue weighted by Gasteiger charge is 2.43. The topological polar surface area (TPSA) is 74.8 Å². The van der Waals surface area contributed by atoms with Crippen LogP contribution in [0.15, 0.2) is 60.7 Å². The van der Waals surface area contributed by atoms with Crippen molar-refractivity contribution in [1.82, 2.24) is 0 Å². The molecule has 0 saturated carbocycles.